The zero-order valence-corrected chi connectivity index (χ0v) is 11.8. The number of carboxylic acids is 1. The molecule has 1 aromatic carbocycles. The molecule has 0 aliphatic rings. The fourth-order valence-electron chi connectivity index (χ4n) is 1.68. The summed E-state index contributed by atoms with van der Waals surface area (Å²) in [6.07, 6.45) is 0.175. The van der Waals surface area contributed by atoms with Crippen LogP contribution in [0.15, 0.2) is 18.2 Å². The van der Waals surface area contributed by atoms with Gasteiger partial charge in [-0.2, -0.15) is 0 Å². The molecule has 8 nitrogen and oxygen atoms in total. The molecule has 0 saturated heterocycles. The van der Waals surface area contributed by atoms with Crippen LogP contribution in [0.1, 0.15) is 30.6 Å². The lowest BCUT2D eigenvalue weighted by molar-refractivity contribution is -0.384. The number of hydrogen-bond donors (Lipinski definition) is 3. The summed E-state index contributed by atoms with van der Waals surface area (Å²) < 4.78 is 0. The average molecular weight is 295 g/mol. The van der Waals surface area contributed by atoms with Crippen molar-refractivity contribution in [3.8, 4) is 0 Å². The Hall–Kier alpha value is -2.64. The summed E-state index contributed by atoms with van der Waals surface area (Å²) in [4.78, 5) is 32.5. The molecule has 1 amide bonds. The Labute approximate surface area is 121 Å². The number of benzene rings is 1. The van der Waals surface area contributed by atoms with Crippen LogP contribution in [0.2, 0.25) is 0 Å². The van der Waals surface area contributed by atoms with Crippen molar-refractivity contribution < 1.29 is 19.6 Å². The lowest BCUT2D eigenvalue weighted by Gasteiger charge is -2.11. The molecule has 0 heterocycles. The van der Waals surface area contributed by atoms with Gasteiger partial charge in [-0.25, -0.2) is 4.79 Å². The van der Waals surface area contributed by atoms with E-state index in [4.69, 9.17) is 5.11 Å². The number of nitrogens with one attached hydrogen (secondary N) is 2. The summed E-state index contributed by atoms with van der Waals surface area (Å²) in [6.45, 7) is 3.91. The quantitative estimate of drug-likeness (QED) is 0.519. The van der Waals surface area contributed by atoms with E-state index in [-0.39, 0.29) is 41.9 Å². The van der Waals surface area contributed by atoms with Crippen molar-refractivity contribution in [1.82, 2.24) is 5.32 Å². The molecular weight excluding hydrogens is 278 g/mol. The highest BCUT2D eigenvalue weighted by atomic mass is 16.6. The third-order valence-electron chi connectivity index (χ3n) is 2.56. The molecule has 0 spiro atoms. The normalized spacial score (nSPS) is 10.2. The molecule has 0 bridgehead atoms. The summed E-state index contributed by atoms with van der Waals surface area (Å²) in [7, 11) is 0. The Morgan fingerprint density at radius 3 is 2.57 bits per heavy atom. The monoisotopic (exact) mass is 295 g/mol. The predicted octanol–water partition coefficient (Wildman–Crippen LogP) is 1.62. The lowest BCUT2D eigenvalue weighted by Crippen LogP contribution is -2.31. The first-order valence-electron chi connectivity index (χ1n) is 6.36. The molecule has 1 aromatic rings. The molecule has 1 rings (SSSR count). The largest absolute Gasteiger partial charge is 0.478 e. The maximum Gasteiger partial charge on any atom is 0.338 e. The van der Waals surface area contributed by atoms with E-state index in [2.05, 4.69) is 10.6 Å². The van der Waals surface area contributed by atoms with Crippen LogP contribution in [0.25, 0.3) is 0 Å². The van der Waals surface area contributed by atoms with Gasteiger partial charge in [-0.3, -0.25) is 14.9 Å². The Kier molecular flexibility index (Phi) is 5.65. The highest BCUT2D eigenvalue weighted by Gasteiger charge is 2.16. The minimum absolute atomic E-state index is 0.0338. The number of carbonyl (C=O) groups excluding carboxylic acids is 1. The van der Waals surface area contributed by atoms with Crippen molar-refractivity contribution in [2.45, 2.75) is 26.3 Å². The van der Waals surface area contributed by atoms with Gasteiger partial charge in [-0.05, 0) is 19.9 Å². The number of hydrogen-bond acceptors (Lipinski definition) is 5. The van der Waals surface area contributed by atoms with Crippen molar-refractivity contribution in [2.24, 2.45) is 0 Å². The molecule has 0 aliphatic heterocycles. The third kappa shape index (κ3) is 5.09. The van der Waals surface area contributed by atoms with E-state index < -0.39 is 10.9 Å². The first-order valence-corrected chi connectivity index (χ1v) is 6.36. The van der Waals surface area contributed by atoms with E-state index in [1.165, 1.54) is 12.1 Å². The molecule has 21 heavy (non-hydrogen) atoms. The van der Waals surface area contributed by atoms with Crippen molar-refractivity contribution in [2.75, 3.05) is 11.9 Å². The first kappa shape index (κ1) is 16.4. The maximum absolute atomic E-state index is 11.4. The standard InChI is InChI=1S/C13H17N3O5/c1-8(2)15-12(17)5-6-14-11-4-3-9(16(20)21)7-10(11)13(18)19/h3-4,7-8,14H,5-6H2,1-2H3,(H,15,17)(H,18,19). The molecule has 0 aliphatic carbocycles. The molecule has 0 atom stereocenters. The highest BCUT2D eigenvalue weighted by Crippen LogP contribution is 2.22. The van der Waals surface area contributed by atoms with E-state index >= 15 is 0 Å². The summed E-state index contributed by atoms with van der Waals surface area (Å²) in [5.74, 6) is -1.43. The summed E-state index contributed by atoms with van der Waals surface area (Å²) in [6, 6.07) is 3.55. The Morgan fingerprint density at radius 2 is 2.05 bits per heavy atom. The van der Waals surface area contributed by atoms with Crippen LogP contribution in [-0.4, -0.2) is 34.5 Å². The topological polar surface area (TPSA) is 122 Å². The van der Waals surface area contributed by atoms with Gasteiger partial charge in [0.15, 0.2) is 0 Å². The average Bonchev–Trinajstić information content (AvgIpc) is 2.37. The number of nitrogens with zero attached hydrogens (tertiary/aromatic N) is 1. The second-order valence-electron chi connectivity index (χ2n) is 4.69. The van der Waals surface area contributed by atoms with Crippen LogP contribution >= 0.6 is 0 Å². The molecule has 0 aromatic heterocycles. The third-order valence-corrected chi connectivity index (χ3v) is 2.56. The number of carbonyl (C=O) groups is 2. The Morgan fingerprint density at radius 1 is 1.38 bits per heavy atom. The van der Waals surface area contributed by atoms with Crippen molar-refractivity contribution in [3.05, 3.63) is 33.9 Å². The second-order valence-corrected chi connectivity index (χ2v) is 4.69. The lowest BCUT2D eigenvalue weighted by atomic mass is 10.1. The number of aromatic carboxylic acids is 1. The van der Waals surface area contributed by atoms with Gasteiger partial charge >= 0.3 is 5.97 Å². The van der Waals surface area contributed by atoms with E-state index in [0.29, 0.717) is 0 Å². The number of anilines is 1. The SMILES string of the molecule is CC(C)NC(=O)CCNc1ccc([N+](=O)[O-])cc1C(=O)O. The number of rotatable bonds is 7. The number of non-ortho nitro benzene ring substituents is 1. The number of carboxylic acid groups (broad SMARTS) is 1. The van der Waals surface area contributed by atoms with Crippen LogP contribution < -0.4 is 10.6 Å². The van der Waals surface area contributed by atoms with E-state index in [1.54, 1.807) is 0 Å². The van der Waals surface area contributed by atoms with Crippen LogP contribution in [0.5, 0.6) is 0 Å². The van der Waals surface area contributed by atoms with Gasteiger partial charge in [0.25, 0.3) is 5.69 Å². The van der Waals surface area contributed by atoms with Crippen molar-refractivity contribution >= 4 is 23.3 Å². The van der Waals surface area contributed by atoms with Crippen molar-refractivity contribution in [1.29, 1.82) is 0 Å². The smallest absolute Gasteiger partial charge is 0.338 e. The van der Waals surface area contributed by atoms with Gasteiger partial charge in [0.2, 0.25) is 5.91 Å². The molecule has 3 N–H and O–H groups in total. The van der Waals surface area contributed by atoms with Crippen LogP contribution in [-0.2, 0) is 4.79 Å². The zero-order chi connectivity index (χ0) is 16.0. The molecule has 0 unspecified atom stereocenters. The fraction of sp³-hybridized carbons (Fsp3) is 0.385. The maximum atomic E-state index is 11.4. The van der Waals surface area contributed by atoms with Crippen LogP contribution in [0.3, 0.4) is 0 Å². The molecule has 0 radical (unpaired) electrons. The van der Waals surface area contributed by atoms with Gasteiger partial charge in [0.05, 0.1) is 10.5 Å². The summed E-state index contributed by atoms with van der Waals surface area (Å²) in [5, 5.41) is 25.2. The van der Waals surface area contributed by atoms with Gasteiger partial charge in [0, 0.05) is 36.8 Å². The minimum atomic E-state index is -1.27. The minimum Gasteiger partial charge on any atom is -0.478 e. The second kappa shape index (κ2) is 7.22. The number of nitro benzene ring substituents is 1. The molecular formula is C13H17N3O5. The number of nitro groups is 1. The fourth-order valence-corrected chi connectivity index (χ4v) is 1.68. The summed E-state index contributed by atoms with van der Waals surface area (Å²) >= 11 is 0. The predicted molar refractivity (Wildman–Crippen MR) is 76.4 cm³/mol. The van der Waals surface area contributed by atoms with E-state index in [0.717, 1.165) is 6.07 Å². The first-order chi connectivity index (χ1) is 9.81. The molecule has 114 valence electrons. The molecule has 0 fully saturated rings. The van der Waals surface area contributed by atoms with Gasteiger partial charge < -0.3 is 15.7 Å². The van der Waals surface area contributed by atoms with Crippen LogP contribution in [0, 0.1) is 10.1 Å². The van der Waals surface area contributed by atoms with Gasteiger partial charge in [-0.1, -0.05) is 0 Å². The van der Waals surface area contributed by atoms with Crippen molar-refractivity contribution in [3.63, 3.8) is 0 Å². The molecule has 8 heteroatoms. The van der Waals surface area contributed by atoms with Gasteiger partial charge in [0.1, 0.15) is 0 Å². The van der Waals surface area contributed by atoms with Crippen LogP contribution in [0.4, 0.5) is 11.4 Å². The van der Waals surface area contributed by atoms with E-state index in [9.17, 15) is 19.7 Å². The zero-order valence-electron chi connectivity index (χ0n) is 11.8. The van der Waals surface area contributed by atoms with E-state index in [1.807, 2.05) is 13.8 Å². The Balaban J connectivity index is 2.73. The summed E-state index contributed by atoms with van der Waals surface area (Å²) in [5.41, 5.74) is -0.255. The molecule has 0 saturated carbocycles. The van der Waals surface area contributed by atoms with Gasteiger partial charge in [-0.15, -0.1) is 0 Å². The number of amides is 1. The Bertz CT molecular complexity index is 557. The highest BCUT2D eigenvalue weighted by molar-refractivity contribution is 5.95.